The first-order valence-electron chi connectivity index (χ1n) is 7.45. The maximum Gasteiger partial charge on any atom is 0.271 e. The molecule has 2 heterocycles. The molecule has 1 aromatic heterocycles. The quantitative estimate of drug-likeness (QED) is 0.898. The lowest BCUT2D eigenvalue weighted by Crippen LogP contribution is -2.22. The molecule has 1 fully saturated rings. The number of anilines is 2. The Morgan fingerprint density at radius 3 is 2.52 bits per heavy atom. The normalized spacial score (nSPS) is 18.3. The highest BCUT2D eigenvalue weighted by atomic mass is 32.2. The minimum atomic E-state index is -3.50. The summed E-state index contributed by atoms with van der Waals surface area (Å²) in [5.41, 5.74) is 1.65. The van der Waals surface area contributed by atoms with E-state index in [0.29, 0.717) is 9.90 Å². The highest BCUT2D eigenvalue weighted by molar-refractivity contribution is 7.94. The van der Waals surface area contributed by atoms with Gasteiger partial charge in [-0.1, -0.05) is 0 Å². The number of nitrogens with one attached hydrogen (secondary N) is 1. The average Bonchev–Trinajstić information content (AvgIpc) is 3.16. The first kappa shape index (κ1) is 16.3. The number of hydrogen-bond donors (Lipinski definition) is 1. The zero-order chi connectivity index (χ0) is 16.4. The summed E-state index contributed by atoms with van der Waals surface area (Å²) in [7, 11) is -1.77. The largest absolute Gasteiger partial charge is 0.380 e. The van der Waals surface area contributed by atoms with Crippen LogP contribution in [0.4, 0.5) is 11.4 Å². The second kappa shape index (κ2) is 6.51. The number of thiophene rings is 1. The van der Waals surface area contributed by atoms with Crippen LogP contribution in [0.1, 0.15) is 11.3 Å². The number of ether oxygens (including phenoxy) is 1. The fourth-order valence-electron chi connectivity index (χ4n) is 2.66. The van der Waals surface area contributed by atoms with E-state index in [4.69, 9.17) is 4.74 Å². The fourth-order valence-corrected chi connectivity index (χ4v) is 5.00. The summed E-state index contributed by atoms with van der Waals surface area (Å²) in [6, 6.07) is 10.9. The third-order valence-electron chi connectivity index (χ3n) is 3.94. The van der Waals surface area contributed by atoms with Crippen LogP contribution in [0.2, 0.25) is 0 Å². The highest BCUT2D eigenvalue weighted by Gasteiger charge is 2.22. The summed E-state index contributed by atoms with van der Waals surface area (Å²) in [5, 5.41) is 0. The van der Waals surface area contributed by atoms with Crippen molar-refractivity contribution < 1.29 is 13.2 Å². The number of sulfonamides is 1. The predicted octanol–water partition coefficient (Wildman–Crippen LogP) is 3.08. The fraction of sp³-hybridized carbons (Fsp3) is 0.375. The monoisotopic (exact) mass is 352 g/mol. The summed E-state index contributed by atoms with van der Waals surface area (Å²) in [4.78, 5) is 3.22. The number of hydrogen-bond acceptors (Lipinski definition) is 5. The van der Waals surface area contributed by atoms with Gasteiger partial charge in [-0.2, -0.15) is 0 Å². The van der Waals surface area contributed by atoms with Gasteiger partial charge in [0, 0.05) is 36.5 Å². The molecule has 0 amide bonds. The maximum absolute atomic E-state index is 12.3. The average molecular weight is 352 g/mol. The van der Waals surface area contributed by atoms with Gasteiger partial charge in [-0.25, -0.2) is 8.42 Å². The Hall–Kier alpha value is -1.57. The number of aryl methyl sites for hydroxylation is 1. The second-order valence-corrected chi connectivity index (χ2v) is 8.81. The maximum atomic E-state index is 12.3. The summed E-state index contributed by atoms with van der Waals surface area (Å²) in [6.45, 7) is 3.72. The number of methoxy groups -OCH3 is 1. The molecular formula is C16H20N2O3S2. The van der Waals surface area contributed by atoms with E-state index >= 15 is 0 Å². The lowest BCUT2D eigenvalue weighted by atomic mass is 10.2. The Bertz CT molecular complexity index is 769. The molecule has 5 nitrogen and oxygen atoms in total. The van der Waals surface area contributed by atoms with Gasteiger partial charge in [-0.15, -0.1) is 11.3 Å². The van der Waals surface area contributed by atoms with Crippen molar-refractivity contribution in [2.24, 2.45) is 0 Å². The molecule has 124 valence electrons. The SMILES string of the molecule is CO[C@@H]1CCN(c2ccc(NS(=O)(=O)c3ccc(C)s3)cc2)C1. The lowest BCUT2D eigenvalue weighted by Gasteiger charge is -2.18. The van der Waals surface area contributed by atoms with E-state index in [9.17, 15) is 8.42 Å². The van der Waals surface area contributed by atoms with E-state index < -0.39 is 10.0 Å². The van der Waals surface area contributed by atoms with Crippen LogP contribution in [-0.2, 0) is 14.8 Å². The van der Waals surface area contributed by atoms with Gasteiger partial charge in [0.2, 0.25) is 0 Å². The highest BCUT2D eigenvalue weighted by Crippen LogP contribution is 2.26. The zero-order valence-electron chi connectivity index (χ0n) is 13.2. The van der Waals surface area contributed by atoms with Crippen molar-refractivity contribution in [1.29, 1.82) is 0 Å². The molecule has 0 bridgehead atoms. The topological polar surface area (TPSA) is 58.6 Å². The first-order chi connectivity index (χ1) is 11.0. The van der Waals surface area contributed by atoms with Crippen molar-refractivity contribution in [3.63, 3.8) is 0 Å². The molecule has 0 unspecified atom stereocenters. The van der Waals surface area contributed by atoms with E-state index in [1.165, 1.54) is 11.3 Å². The Morgan fingerprint density at radius 2 is 1.96 bits per heavy atom. The van der Waals surface area contributed by atoms with Crippen LogP contribution in [-0.4, -0.2) is 34.7 Å². The molecule has 0 spiro atoms. The molecular weight excluding hydrogens is 332 g/mol. The van der Waals surface area contributed by atoms with Gasteiger partial charge >= 0.3 is 0 Å². The van der Waals surface area contributed by atoms with Crippen molar-refractivity contribution in [3.05, 3.63) is 41.3 Å². The van der Waals surface area contributed by atoms with Crippen LogP contribution in [0.3, 0.4) is 0 Å². The molecule has 1 N–H and O–H groups in total. The molecule has 1 atom stereocenters. The molecule has 7 heteroatoms. The van der Waals surface area contributed by atoms with E-state index in [1.54, 1.807) is 25.3 Å². The van der Waals surface area contributed by atoms with Crippen molar-refractivity contribution >= 4 is 32.7 Å². The van der Waals surface area contributed by atoms with Gasteiger partial charge in [0.25, 0.3) is 10.0 Å². The van der Waals surface area contributed by atoms with Gasteiger partial charge in [-0.05, 0) is 49.7 Å². The van der Waals surface area contributed by atoms with Crippen LogP contribution in [0.25, 0.3) is 0 Å². The standard InChI is InChI=1S/C16H20N2O3S2/c1-12-3-8-16(22-12)23(19,20)17-13-4-6-14(7-5-13)18-10-9-15(11-18)21-2/h3-8,15,17H,9-11H2,1-2H3/t15-/m1/s1. The Kier molecular flexibility index (Phi) is 4.61. The molecule has 0 saturated carbocycles. The minimum Gasteiger partial charge on any atom is -0.380 e. The third kappa shape index (κ3) is 3.68. The molecule has 0 radical (unpaired) electrons. The van der Waals surface area contributed by atoms with Crippen LogP contribution in [0, 0.1) is 6.92 Å². The number of benzene rings is 1. The van der Waals surface area contributed by atoms with Crippen LogP contribution >= 0.6 is 11.3 Å². The Labute approximate surface area is 140 Å². The van der Waals surface area contributed by atoms with Crippen molar-refractivity contribution in [2.45, 2.75) is 23.7 Å². The third-order valence-corrected chi connectivity index (χ3v) is 6.82. The minimum absolute atomic E-state index is 0.273. The van der Waals surface area contributed by atoms with Gasteiger partial charge in [0.1, 0.15) is 4.21 Å². The Morgan fingerprint density at radius 1 is 1.22 bits per heavy atom. The summed E-state index contributed by atoms with van der Waals surface area (Å²) in [6.07, 6.45) is 1.29. The summed E-state index contributed by atoms with van der Waals surface area (Å²) >= 11 is 1.27. The van der Waals surface area contributed by atoms with Crippen LogP contribution in [0.15, 0.2) is 40.6 Å². The van der Waals surface area contributed by atoms with Gasteiger partial charge in [0.15, 0.2) is 0 Å². The summed E-state index contributed by atoms with van der Waals surface area (Å²) < 4.78 is 33.0. The molecule has 1 saturated heterocycles. The molecule has 3 rings (SSSR count). The van der Waals surface area contributed by atoms with Crippen molar-refractivity contribution in [2.75, 3.05) is 29.8 Å². The predicted molar refractivity (Wildman–Crippen MR) is 93.9 cm³/mol. The zero-order valence-corrected chi connectivity index (χ0v) is 14.8. The van der Waals surface area contributed by atoms with E-state index in [-0.39, 0.29) is 6.10 Å². The molecule has 1 aliphatic heterocycles. The summed E-state index contributed by atoms with van der Waals surface area (Å²) in [5.74, 6) is 0. The molecule has 2 aromatic rings. The molecule has 23 heavy (non-hydrogen) atoms. The smallest absolute Gasteiger partial charge is 0.271 e. The van der Waals surface area contributed by atoms with Crippen molar-refractivity contribution in [1.82, 2.24) is 0 Å². The number of rotatable bonds is 5. The van der Waals surface area contributed by atoms with Crippen LogP contribution in [0.5, 0.6) is 0 Å². The van der Waals surface area contributed by atoms with E-state index in [0.717, 1.165) is 30.1 Å². The van der Waals surface area contributed by atoms with Gasteiger partial charge < -0.3 is 9.64 Å². The van der Waals surface area contributed by atoms with E-state index in [1.807, 2.05) is 25.1 Å². The lowest BCUT2D eigenvalue weighted by molar-refractivity contribution is 0.121. The first-order valence-corrected chi connectivity index (χ1v) is 9.75. The van der Waals surface area contributed by atoms with E-state index in [2.05, 4.69) is 9.62 Å². The van der Waals surface area contributed by atoms with Gasteiger partial charge in [0.05, 0.1) is 6.10 Å². The molecule has 1 aromatic carbocycles. The molecule has 0 aliphatic carbocycles. The van der Waals surface area contributed by atoms with Crippen LogP contribution < -0.4 is 9.62 Å². The molecule has 1 aliphatic rings. The second-order valence-electron chi connectivity index (χ2n) is 5.61. The van der Waals surface area contributed by atoms with Crippen molar-refractivity contribution in [3.8, 4) is 0 Å². The Balaban J connectivity index is 1.70. The van der Waals surface area contributed by atoms with Gasteiger partial charge in [-0.3, -0.25) is 4.72 Å². The number of nitrogens with zero attached hydrogens (tertiary/aromatic N) is 1.